The molecule has 6 nitrogen and oxygen atoms in total. The van der Waals surface area contributed by atoms with Crippen LogP contribution in [-0.4, -0.2) is 22.6 Å². The molecule has 1 amide bonds. The zero-order chi connectivity index (χ0) is 24.9. The summed E-state index contributed by atoms with van der Waals surface area (Å²) in [6, 6.07) is 31.2. The molecule has 1 heterocycles. The maximum atomic E-state index is 13.3. The van der Waals surface area contributed by atoms with Gasteiger partial charge in [-0.1, -0.05) is 48.5 Å². The Bertz CT molecular complexity index is 1620. The number of benzene rings is 4. The van der Waals surface area contributed by atoms with Gasteiger partial charge >= 0.3 is 0 Å². The molecular formula is C30H23N3O3. The second-order valence-corrected chi connectivity index (χ2v) is 8.10. The molecule has 0 bridgehead atoms. The van der Waals surface area contributed by atoms with Crippen molar-refractivity contribution in [2.24, 2.45) is 0 Å². The summed E-state index contributed by atoms with van der Waals surface area (Å²) in [5.74, 6) is 0.987. The number of carbonyl (C=O) groups is 1. The average Bonchev–Trinajstić information content (AvgIpc) is 2.93. The molecule has 0 spiro atoms. The van der Waals surface area contributed by atoms with E-state index < -0.39 is 0 Å². The summed E-state index contributed by atoms with van der Waals surface area (Å²) in [5, 5.41) is 3.48. The van der Waals surface area contributed by atoms with Crippen LogP contribution >= 0.6 is 0 Å². The minimum Gasteiger partial charge on any atom is -0.497 e. The third-order valence-corrected chi connectivity index (χ3v) is 5.74. The molecule has 0 aliphatic carbocycles. The van der Waals surface area contributed by atoms with E-state index >= 15 is 0 Å². The fourth-order valence-electron chi connectivity index (χ4n) is 3.92. The molecule has 0 aliphatic heterocycles. The van der Waals surface area contributed by atoms with Gasteiger partial charge in [-0.25, -0.2) is 4.98 Å². The number of hydrogen-bond acceptors (Lipinski definition) is 4. The van der Waals surface area contributed by atoms with Crippen molar-refractivity contribution in [2.75, 3.05) is 12.4 Å². The Morgan fingerprint density at radius 2 is 1.61 bits per heavy atom. The van der Waals surface area contributed by atoms with Crippen molar-refractivity contribution >= 4 is 34.6 Å². The topological polar surface area (TPSA) is 73.2 Å². The summed E-state index contributed by atoms with van der Waals surface area (Å²) in [6.45, 7) is 0. The Morgan fingerprint density at radius 3 is 2.39 bits per heavy atom. The molecule has 1 aromatic heterocycles. The second-order valence-electron chi connectivity index (χ2n) is 8.10. The van der Waals surface area contributed by atoms with Crippen molar-refractivity contribution in [3.8, 4) is 11.4 Å². The molecule has 176 valence electrons. The van der Waals surface area contributed by atoms with Crippen LogP contribution in [-0.2, 0) is 0 Å². The monoisotopic (exact) mass is 473 g/mol. The normalized spacial score (nSPS) is 11.0. The molecule has 0 radical (unpaired) electrons. The van der Waals surface area contributed by atoms with Crippen LogP contribution in [0.15, 0.2) is 108 Å². The Morgan fingerprint density at radius 1 is 0.861 bits per heavy atom. The Hall–Kier alpha value is -4.97. The number of ether oxygens (including phenoxy) is 1. The largest absolute Gasteiger partial charge is 0.497 e. The highest BCUT2D eigenvalue weighted by atomic mass is 16.5. The number of aromatic nitrogens is 2. The lowest BCUT2D eigenvalue weighted by atomic mass is 10.1. The van der Waals surface area contributed by atoms with Gasteiger partial charge in [0.1, 0.15) is 11.6 Å². The number of anilines is 1. The predicted molar refractivity (Wildman–Crippen MR) is 144 cm³/mol. The zero-order valence-corrected chi connectivity index (χ0v) is 19.6. The number of nitrogens with zero attached hydrogens (tertiary/aromatic N) is 2. The molecule has 0 fully saturated rings. The van der Waals surface area contributed by atoms with Crippen LogP contribution in [0.1, 0.15) is 21.7 Å². The van der Waals surface area contributed by atoms with E-state index in [-0.39, 0.29) is 11.5 Å². The van der Waals surface area contributed by atoms with Crippen molar-refractivity contribution in [1.29, 1.82) is 0 Å². The van der Waals surface area contributed by atoms with Gasteiger partial charge in [0.15, 0.2) is 0 Å². The molecule has 4 aromatic carbocycles. The lowest BCUT2D eigenvalue weighted by molar-refractivity contribution is 0.102. The first-order chi connectivity index (χ1) is 17.6. The molecule has 36 heavy (non-hydrogen) atoms. The van der Waals surface area contributed by atoms with Gasteiger partial charge < -0.3 is 10.1 Å². The smallest absolute Gasteiger partial charge is 0.266 e. The molecule has 1 N–H and O–H groups in total. The van der Waals surface area contributed by atoms with E-state index in [4.69, 9.17) is 9.72 Å². The van der Waals surface area contributed by atoms with Crippen LogP contribution in [0.5, 0.6) is 5.75 Å². The zero-order valence-electron chi connectivity index (χ0n) is 19.6. The van der Waals surface area contributed by atoms with Crippen LogP contribution in [0.3, 0.4) is 0 Å². The van der Waals surface area contributed by atoms with Crippen molar-refractivity contribution in [1.82, 2.24) is 9.55 Å². The van der Waals surface area contributed by atoms with Crippen LogP contribution in [0.4, 0.5) is 5.69 Å². The molecule has 0 unspecified atom stereocenters. The minimum atomic E-state index is -0.215. The quantitative estimate of drug-likeness (QED) is 0.337. The van der Waals surface area contributed by atoms with Crippen LogP contribution < -0.4 is 15.6 Å². The number of carbonyl (C=O) groups excluding carboxylic acids is 1. The van der Waals surface area contributed by atoms with E-state index in [0.29, 0.717) is 33.7 Å². The fourth-order valence-corrected chi connectivity index (χ4v) is 3.92. The van der Waals surface area contributed by atoms with Gasteiger partial charge in [-0.2, -0.15) is 0 Å². The summed E-state index contributed by atoms with van der Waals surface area (Å²) in [6.07, 6.45) is 3.68. The van der Waals surface area contributed by atoms with Gasteiger partial charge in [-0.05, 0) is 72.3 Å². The summed E-state index contributed by atoms with van der Waals surface area (Å²) in [5.41, 5.74) is 3.28. The van der Waals surface area contributed by atoms with Gasteiger partial charge in [0, 0.05) is 11.3 Å². The van der Waals surface area contributed by atoms with Gasteiger partial charge in [-0.3, -0.25) is 14.2 Å². The van der Waals surface area contributed by atoms with E-state index in [1.807, 2.05) is 84.9 Å². The van der Waals surface area contributed by atoms with Gasteiger partial charge in [-0.15, -0.1) is 0 Å². The SMILES string of the molecule is COc1ccc(C(=O)Nc2cccc(/C=C/c3nc4ccccc4c(=O)n3-c3ccccc3)c2)cc1. The van der Waals surface area contributed by atoms with Gasteiger partial charge in [0.25, 0.3) is 11.5 Å². The summed E-state index contributed by atoms with van der Waals surface area (Å²) < 4.78 is 6.75. The second kappa shape index (κ2) is 10.1. The standard InChI is InChI=1S/C30H23N3O3/c1-36-25-17-15-22(16-18-25)29(34)31-23-9-7-8-21(20-23)14-19-28-32-27-13-6-5-12-26(27)30(35)33(28)24-10-3-2-4-11-24/h2-20H,1H3,(H,31,34)/b19-14+. The third kappa shape index (κ3) is 4.79. The highest BCUT2D eigenvalue weighted by Gasteiger charge is 2.11. The highest BCUT2D eigenvalue weighted by Crippen LogP contribution is 2.18. The lowest BCUT2D eigenvalue weighted by Crippen LogP contribution is -2.22. The Labute approximate surface area is 208 Å². The van der Waals surface area contributed by atoms with Crippen LogP contribution in [0.2, 0.25) is 0 Å². The van der Waals surface area contributed by atoms with Crippen molar-refractivity contribution in [3.05, 3.63) is 130 Å². The molecule has 5 aromatic rings. The maximum Gasteiger partial charge on any atom is 0.266 e. The number of fused-ring (bicyclic) bond motifs is 1. The third-order valence-electron chi connectivity index (χ3n) is 5.74. The molecule has 5 rings (SSSR count). The molecule has 0 saturated carbocycles. The van der Waals surface area contributed by atoms with Crippen molar-refractivity contribution in [2.45, 2.75) is 0 Å². The highest BCUT2D eigenvalue weighted by molar-refractivity contribution is 6.04. The van der Waals surface area contributed by atoms with E-state index in [1.54, 1.807) is 42.0 Å². The molecule has 0 aliphatic rings. The average molecular weight is 474 g/mol. The summed E-state index contributed by atoms with van der Waals surface area (Å²) in [7, 11) is 1.58. The summed E-state index contributed by atoms with van der Waals surface area (Å²) in [4.78, 5) is 30.7. The van der Waals surface area contributed by atoms with Crippen LogP contribution in [0.25, 0.3) is 28.7 Å². The van der Waals surface area contributed by atoms with Crippen molar-refractivity contribution < 1.29 is 9.53 Å². The van der Waals surface area contributed by atoms with E-state index in [9.17, 15) is 9.59 Å². The Kier molecular flexibility index (Phi) is 6.40. The first-order valence-electron chi connectivity index (χ1n) is 11.4. The minimum absolute atomic E-state index is 0.132. The molecule has 6 heteroatoms. The van der Waals surface area contributed by atoms with Crippen molar-refractivity contribution in [3.63, 3.8) is 0 Å². The number of nitrogens with one attached hydrogen (secondary N) is 1. The first kappa shape index (κ1) is 22.8. The molecule has 0 atom stereocenters. The fraction of sp³-hybridized carbons (Fsp3) is 0.0333. The van der Waals surface area contributed by atoms with Gasteiger partial charge in [0.2, 0.25) is 0 Å². The first-order valence-corrected chi connectivity index (χ1v) is 11.4. The van der Waals surface area contributed by atoms with Crippen LogP contribution in [0, 0.1) is 0 Å². The van der Waals surface area contributed by atoms with Gasteiger partial charge in [0.05, 0.1) is 23.7 Å². The Balaban J connectivity index is 1.46. The number of amides is 1. The summed E-state index contributed by atoms with van der Waals surface area (Å²) >= 11 is 0. The number of hydrogen-bond donors (Lipinski definition) is 1. The maximum absolute atomic E-state index is 13.3. The number of rotatable bonds is 6. The van der Waals surface area contributed by atoms with E-state index in [2.05, 4.69) is 5.32 Å². The van der Waals surface area contributed by atoms with E-state index in [1.165, 1.54) is 0 Å². The number of para-hydroxylation sites is 2. The molecule has 0 saturated heterocycles. The van der Waals surface area contributed by atoms with E-state index in [0.717, 1.165) is 11.3 Å². The number of methoxy groups -OCH3 is 1. The predicted octanol–water partition coefficient (Wildman–Crippen LogP) is 5.82. The lowest BCUT2D eigenvalue weighted by Gasteiger charge is -2.11. The molecular weight excluding hydrogens is 450 g/mol.